The Morgan fingerprint density at radius 3 is 1.97 bits per heavy atom. The van der Waals surface area contributed by atoms with Gasteiger partial charge in [0.1, 0.15) is 6.04 Å². The summed E-state index contributed by atoms with van der Waals surface area (Å²) in [5, 5.41) is 2.80. The lowest BCUT2D eigenvalue weighted by atomic mass is 9.86. The summed E-state index contributed by atoms with van der Waals surface area (Å²) in [7, 11) is 0. The lowest BCUT2D eigenvalue weighted by molar-refractivity contribution is -0.133. The summed E-state index contributed by atoms with van der Waals surface area (Å²) < 4.78 is 0. The molecule has 4 rings (SSSR count). The summed E-state index contributed by atoms with van der Waals surface area (Å²) in [6, 6.07) is 16.3. The molecule has 0 spiro atoms. The molecule has 0 bridgehead atoms. The number of piperidine rings is 1. The number of carbonyl (C=O) groups is 2. The van der Waals surface area contributed by atoms with Gasteiger partial charge in [-0.15, -0.1) is 0 Å². The smallest absolute Gasteiger partial charge is 0.241 e. The predicted octanol–water partition coefficient (Wildman–Crippen LogP) is 4.08. The summed E-state index contributed by atoms with van der Waals surface area (Å²) >= 11 is 0. The molecule has 3 N–H and O–H groups in total. The lowest BCUT2D eigenvalue weighted by Gasteiger charge is -2.32. The molecule has 5 nitrogen and oxygen atoms in total. The van der Waals surface area contributed by atoms with E-state index in [0.29, 0.717) is 13.1 Å². The highest BCUT2D eigenvalue weighted by atomic mass is 16.2. The van der Waals surface area contributed by atoms with Crippen molar-refractivity contribution in [2.45, 2.75) is 39.7 Å². The van der Waals surface area contributed by atoms with Crippen LogP contribution >= 0.6 is 0 Å². The molecule has 0 aromatic heterocycles. The van der Waals surface area contributed by atoms with Crippen LogP contribution in [0.1, 0.15) is 55.9 Å². The predicted molar refractivity (Wildman–Crippen MR) is 134 cm³/mol. The van der Waals surface area contributed by atoms with E-state index < -0.39 is 11.5 Å². The maximum atomic E-state index is 12.9. The Kier molecular flexibility index (Phi) is 6.52. The monoisotopic (exact) mass is 443 g/mol. The molecule has 1 aliphatic carbocycles. The van der Waals surface area contributed by atoms with E-state index in [9.17, 15) is 9.59 Å². The number of likely N-dealkylation sites (tertiary alicyclic amines) is 1. The highest BCUT2D eigenvalue weighted by Crippen LogP contribution is 2.38. The van der Waals surface area contributed by atoms with Crippen LogP contribution < -0.4 is 11.1 Å². The first kappa shape index (κ1) is 23.0. The molecular weight excluding hydrogens is 410 g/mol. The molecule has 33 heavy (non-hydrogen) atoms. The van der Waals surface area contributed by atoms with Crippen molar-refractivity contribution in [1.29, 1.82) is 0 Å². The zero-order valence-corrected chi connectivity index (χ0v) is 19.7. The molecule has 1 saturated heterocycles. The Hall–Kier alpha value is -3.18. The molecule has 1 fully saturated rings. The summed E-state index contributed by atoms with van der Waals surface area (Å²) in [5.41, 5.74) is 13.2. The summed E-state index contributed by atoms with van der Waals surface area (Å²) in [6.45, 7) is 6.95. The van der Waals surface area contributed by atoms with Crippen molar-refractivity contribution >= 4 is 29.5 Å². The van der Waals surface area contributed by atoms with Crippen molar-refractivity contribution < 1.29 is 9.59 Å². The van der Waals surface area contributed by atoms with Crippen LogP contribution in [0.15, 0.2) is 54.1 Å². The number of nitrogens with zero attached hydrogens (tertiary/aromatic N) is 1. The minimum atomic E-state index is -0.728. The van der Waals surface area contributed by atoms with Gasteiger partial charge in [0.15, 0.2) is 0 Å². The van der Waals surface area contributed by atoms with Crippen molar-refractivity contribution in [1.82, 2.24) is 10.2 Å². The molecule has 2 aliphatic rings. The van der Waals surface area contributed by atoms with Crippen LogP contribution in [0.2, 0.25) is 0 Å². The average molecular weight is 444 g/mol. The Labute approximate surface area is 196 Å². The molecule has 0 saturated carbocycles. The second kappa shape index (κ2) is 9.36. The standard InChI is InChI=1S/C28H33N3O2/c1-28(2,3)27(33)30-18-24(29)26(32)31-16-14-21(15-17-31)25-22-10-6-4-8-19(22)12-13-20-9-5-7-11-23(20)25/h4-13,24H,14-18,29H2,1-3H3,(H,30,33)/t24-/m0/s1. The quantitative estimate of drug-likeness (QED) is 0.640. The van der Waals surface area contributed by atoms with Gasteiger partial charge in [-0.05, 0) is 40.7 Å². The number of hydrogen-bond acceptors (Lipinski definition) is 3. The second-order valence-electron chi connectivity index (χ2n) is 9.88. The highest BCUT2D eigenvalue weighted by Gasteiger charge is 2.28. The van der Waals surface area contributed by atoms with E-state index in [-0.39, 0.29) is 18.4 Å². The van der Waals surface area contributed by atoms with Gasteiger partial charge in [0.05, 0.1) is 0 Å². The fraction of sp³-hybridized carbons (Fsp3) is 0.357. The van der Waals surface area contributed by atoms with Crippen LogP contribution in [0.25, 0.3) is 17.7 Å². The first-order valence-electron chi connectivity index (χ1n) is 11.7. The van der Waals surface area contributed by atoms with Crippen molar-refractivity contribution in [2.24, 2.45) is 11.1 Å². The van der Waals surface area contributed by atoms with Gasteiger partial charge in [-0.2, -0.15) is 0 Å². The molecule has 2 aromatic rings. The molecule has 2 amide bonds. The maximum Gasteiger partial charge on any atom is 0.241 e. The molecule has 2 aromatic carbocycles. The summed E-state index contributed by atoms with van der Waals surface area (Å²) in [4.78, 5) is 26.9. The van der Waals surface area contributed by atoms with Gasteiger partial charge in [0.2, 0.25) is 11.8 Å². The largest absolute Gasteiger partial charge is 0.354 e. The average Bonchev–Trinajstić information content (AvgIpc) is 2.98. The molecule has 1 aliphatic heterocycles. The molecule has 5 heteroatoms. The Morgan fingerprint density at radius 2 is 1.45 bits per heavy atom. The van der Waals surface area contributed by atoms with Gasteiger partial charge in [0, 0.05) is 25.0 Å². The third kappa shape index (κ3) is 4.93. The first-order valence-corrected chi connectivity index (χ1v) is 11.7. The Bertz CT molecular complexity index is 1060. The summed E-state index contributed by atoms with van der Waals surface area (Å²) in [6.07, 6.45) is 5.99. The summed E-state index contributed by atoms with van der Waals surface area (Å²) in [5.74, 6) is -0.202. The van der Waals surface area contributed by atoms with Gasteiger partial charge in [-0.25, -0.2) is 0 Å². The van der Waals surface area contributed by atoms with Crippen molar-refractivity contribution in [3.8, 4) is 0 Å². The van der Waals surface area contributed by atoms with Gasteiger partial charge in [-0.3, -0.25) is 9.59 Å². The number of nitrogens with one attached hydrogen (secondary N) is 1. The van der Waals surface area contributed by atoms with Crippen LogP contribution in [0, 0.1) is 5.41 Å². The third-order valence-corrected chi connectivity index (χ3v) is 6.42. The number of fused-ring (bicyclic) bond motifs is 2. The van der Waals surface area contributed by atoms with E-state index in [2.05, 4.69) is 66.0 Å². The second-order valence-corrected chi connectivity index (χ2v) is 9.88. The number of benzene rings is 2. The SMILES string of the molecule is CC(C)(C)C(=O)NC[C@H](N)C(=O)N1CCC(=C2c3ccccc3C=Cc3ccccc32)CC1. The van der Waals surface area contributed by atoms with Crippen LogP contribution in [0.4, 0.5) is 0 Å². The highest BCUT2D eigenvalue weighted by molar-refractivity contribution is 5.95. The fourth-order valence-electron chi connectivity index (χ4n) is 4.48. The minimum Gasteiger partial charge on any atom is -0.354 e. The fourth-order valence-corrected chi connectivity index (χ4v) is 4.48. The number of nitrogens with two attached hydrogens (primary N) is 1. The maximum absolute atomic E-state index is 12.9. The van der Waals surface area contributed by atoms with Crippen molar-refractivity contribution in [3.05, 3.63) is 76.4 Å². The zero-order valence-electron chi connectivity index (χ0n) is 19.7. The number of amides is 2. The molecule has 1 atom stereocenters. The third-order valence-electron chi connectivity index (χ3n) is 6.42. The Morgan fingerprint density at radius 1 is 0.939 bits per heavy atom. The van der Waals surface area contributed by atoms with Crippen LogP contribution in [0.3, 0.4) is 0 Å². The first-order chi connectivity index (χ1) is 15.8. The van der Waals surface area contributed by atoms with Gasteiger partial charge >= 0.3 is 0 Å². The van der Waals surface area contributed by atoms with E-state index >= 15 is 0 Å². The van der Waals surface area contributed by atoms with Gasteiger partial charge in [-0.1, -0.05) is 87.0 Å². The van der Waals surface area contributed by atoms with Crippen LogP contribution in [0.5, 0.6) is 0 Å². The van der Waals surface area contributed by atoms with E-state index in [0.717, 1.165) is 12.8 Å². The van der Waals surface area contributed by atoms with E-state index in [4.69, 9.17) is 5.73 Å². The zero-order chi connectivity index (χ0) is 23.6. The van der Waals surface area contributed by atoms with Crippen molar-refractivity contribution in [3.63, 3.8) is 0 Å². The van der Waals surface area contributed by atoms with E-state index in [1.807, 2.05) is 25.7 Å². The van der Waals surface area contributed by atoms with Crippen LogP contribution in [-0.2, 0) is 9.59 Å². The van der Waals surface area contributed by atoms with Gasteiger partial charge < -0.3 is 16.0 Å². The normalized spacial score (nSPS) is 16.5. The molecule has 0 radical (unpaired) electrons. The molecular formula is C28H33N3O2. The minimum absolute atomic E-state index is 0.100. The van der Waals surface area contributed by atoms with E-state index in [1.54, 1.807) is 0 Å². The number of carbonyl (C=O) groups excluding carboxylic acids is 2. The van der Waals surface area contributed by atoms with Crippen LogP contribution in [-0.4, -0.2) is 42.4 Å². The molecule has 1 heterocycles. The Balaban J connectivity index is 1.52. The number of rotatable bonds is 3. The van der Waals surface area contributed by atoms with E-state index in [1.165, 1.54) is 33.4 Å². The number of hydrogen-bond donors (Lipinski definition) is 2. The molecule has 0 unspecified atom stereocenters. The topological polar surface area (TPSA) is 75.4 Å². The van der Waals surface area contributed by atoms with Gasteiger partial charge in [0.25, 0.3) is 0 Å². The van der Waals surface area contributed by atoms with Crippen molar-refractivity contribution in [2.75, 3.05) is 19.6 Å². The lowest BCUT2D eigenvalue weighted by Crippen LogP contribution is -2.52. The molecule has 172 valence electrons.